The van der Waals surface area contributed by atoms with E-state index < -0.39 is 6.04 Å². The molecule has 0 aromatic heterocycles. The first-order valence-corrected chi connectivity index (χ1v) is 7.57. The predicted molar refractivity (Wildman–Crippen MR) is 86.8 cm³/mol. The van der Waals surface area contributed by atoms with Gasteiger partial charge in [0.2, 0.25) is 18.1 Å². The summed E-state index contributed by atoms with van der Waals surface area (Å²) in [4.78, 5) is 34.6. The maximum Gasteiger partial charge on any atom is 0.243 e. The van der Waals surface area contributed by atoms with Crippen molar-refractivity contribution in [1.29, 1.82) is 0 Å². The predicted octanol–water partition coefficient (Wildman–Crippen LogP) is 0.995. The molecule has 0 fully saturated rings. The van der Waals surface area contributed by atoms with Crippen molar-refractivity contribution in [3.8, 4) is 5.75 Å². The first kappa shape index (κ1) is 18.7. The van der Waals surface area contributed by atoms with E-state index in [0.717, 1.165) is 12.0 Å². The van der Waals surface area contributed by atoms with Crippen molar-refractivity contribution >= 4 is 18.1 Å². The van der Waals surface area contributed by atoms with Crippen LogP contribution in [0.5, 0.6) is 5.75 Å². The summed E-state index contributed by atoms with van der Waals surface area (Å²) in [6.07, 6.45) is 2.44. The molecule has 6 nitrogen and oxygen atoms in total. The maximum atomic E-state index is 12.3. The van der Waals surface area contributed by atoms with Crippen LogP contribution in [0.25, 0.3) is 0 Å². The van der Waals surface area contributed by atoms with Crippen LogP contribution in [0.1, 0.15) is 25.8 Å². The number of carbonyl (C=O) groups is 2. The quantitative estimate of drug-likeness (QED) is 0.711. The van der Waals surface area contributed by atoms with Crippen LogP contribution in [0.3, 0.4) is 0 Å². The van der Waals surface area contributed by atoms with Gasteiger partial charge in [-0.2, -0.15) is 0 Å². The van der Waals surface area contributed by atoms with E-state index in [0.29, 0.717) is 5.75 Å². The fourth-order valence-corrected chi connectivity index (χ4v) is 2.18. The topological polar surface area (TPSA) is 84.5 Å². The van der Waals surface area contributed by atoms with E-state index in [1.54, 1.807) is 25.5 Å². The Labute approximate surface area is 136 Å². The van der Waals surface area contributed by atoms with Crippen molar-refractivity contribution in [2.24, 2.45) is 5.92 Å². The Balaban J connectivity index is 2.76. The molecule has 0 aliphatic heterocycles. The molecule has 2 N–H and O–H groups in total. The third-order valence-corrected chi connectivity index (χ3v) is 3.69. The van der Waals surface area contributed by atoms with Crippen LogP contribution >= 0.6 is 0 Å². The number of ether oxygens (including phenoxy) is 1. The molecule has 0 saturated heterocycles. The number of nitrogens with one attached hydrogen (secondary N) is 2. The van der Waals surface area contributed by atoms with Crippen LogP contribution < -0.4 is 15.4 Å². The fourth-order valence-electron chi connectivity index (χ4n) is 2.18. The normalized spacial score (nSPS) is 12.8. The summed E-state index contributed by atoms with van der Waals surface area (Å²) >= 11 is 0. The first-order chi connectivity index (χ1) is 11.0. The number of hydrogen-bond donors (Lipinski definition) is 2. The molecule has 0 aliphatic rings. The highest BCUT2D eigenvalue weighted by Crippen LogP contribution is 2.18. The molecule has 1 aromatic rings. The van der Waals surface area contributed by atoms with Crippen molar-refractivity contribution < 1.29 is 19.1 Å². The zero-order valence-electron chi connectivity index (χ0n) is 13.7. The number of amides is 2. The Morgan fingerprint density at radius 1 is 1.30 bits per heavy atom. The molecule has 6 heteroatoms. The zero-order valence-corrected chi connectivity index (χ0v) is 13.7. The van der Waals surface area contributed by atoms with Gasteiger partial charge in [0, 0.05) is 5.56 Å². The monoisotopic (exact) mass is 319 g/mol. The third kappa shape index (κ3) is 5.73. The highest BCUT2D eigenvalue weighted by atomic mass is 16.5. The van der Waals surface area contributed by atoms with Gasteiger partial charge in [0.1, 0.15) is 11.8 Å². The molecule has 1 radical (unpaired) electrons. The summed E-state index contributed by atoms with van der Waals surface area (Å²) in [7, 11) is 1.54. The molecule has 0 saturated carbocycles. The van der Waals surface area contributed by atoms with Crippen LogP contribution in [0.15, 0.2) is 24.3 Å². The summed E-state index contributed by atoms with van der Waals surface area (Å²) in [5, 5.41) is 5.18. The molecule has 2 amide bonds. The van der Waals surface area contributed by atoms with Gasteiger partial charge in [0.05, 0.1) is 20.1 Å². The highest BCUT2D eigenvalue weighted by molar-refractivity contribution is 5.89. The summed E-state index contributed by atoms with van der Waals surface area (Å²) in [6.45, 7) is 3.62. The minimum atomic E-state index is -0.685. The van der Waals surface area contributed by atoms with Crippen molar-refractivity contribution in [2.75, 3.05) is 13.7 Å². The van der Waals surface area contributed by atoms with E-state index in [1.165, 1.54) is 0 Å². The Bertz CT molecular complexity index is 545. The Morgan fingerprint density at radius 3 is 2.61 bits per heavy atom. The summed E-state index contributed by atoms with van der Waals surface area (Å²) in [6, 6.07) is 6.55. The molecule has 23 heavy (non-hydrogen) atoms. The van der Waals surface area contributed by atoms with E-state index >= 15 is 0 Å². The second-order valence-electron chi connectivity index (χ2n) is 5.28. The summed E-state index contributed by atoms with van der Waals surface area (Å²) in [5.74, 6) is -0.0767. The minimum Gasteiger partial charge on any atom is -0.496 e. The maximum absolute atomic E-state index is 12.3. The van der Waals surface area contributed by atoms with Crippen LogP contribution in [-0.4, -0.2) is 37.8 Å². The van der Waals surface area contributed by atoms with Crippen LogP contribution in [0.2, 0.25) is 0 Å². The van der Waals surface area contributed by atoms with Gasteiger partial charge in [-0.3, -0.25) is 14.4 Å². The lowest BCUT2D eigenvalue weighted by Gasteiger charge is -2.23. The molecule has 0 spiro atoms. The summed E-state index contributed by atoms with van der Waals surface area (Å²) in [5.41, 5.74) is 0.747. The molecule has 0 heterocycles. The Kier molecular flexibility index (Phi) is 7.80. The van der Waals surface area contributed by atoms with Gasteiger partial charge >= 0.3 is 0 Å². The van der Waals surface area contributed by atoms with Gasteiger partial charge < -0.3 is 15.4 Å². The van der Waals surface area contributed by atoms with E-state index in [2.05, 4.69) is 10.6 Å². The Morgan fingerprint density at radius 2 is 2.00 bits per heavy atom. The number of rotatable bonds is 9. The average Bonchev–Trinajstić information content (AvgIpc) is 2.57. The minimum absolute atomic E-state index is 0.0525. The SMILES string of the molecule is CCC(C)C(NC(=O)Cc1ccccc1OC)C(=O)NC[C]=O. The van der Waals surface area contributed by atoms with Gasteiger partial charge in [-0.05, 0) is 12.0 Å². The molecule has 0 bridgehead atoms. The van der Waals surface area contributed by atoms with Crippen molar-refractivity contribution in [3.63, 3.8) is 0 Å². The second kappa shape index (κ2) is 9.61. The smallest absolute Gasteiger partial charge is 0.243 e. The molecule has 1 aromatic carbocycles. The fraction of sp³-hybridized carbons (Fsp3) is 0.471. The van der Waals surface area contributed by atoms with Gasteiger partial charge in [-0.1, -0.05) is 38.5 Å². The van der Waals surface area contributed by atoms with E-state index in [9.17, 15) is 14.4 Å². The van der Waals surface area contributed by atoms with Crippen molar-refractivity contribution in [3.05, 3.63) is 29.8 Å². The van der Waals surface area contributed by atoms with E-state index in [1.807, 2.05) is 26.0 Å². The molecule has 0 aliphatic carbocycles. The lowest BCUT2D eigenvalue weighted by molar-refractivity contribution is -0.129. The van der Waals surface area contributed by atoms with Gasteiger partial charge in [0.15, 0.2) is 0 Å². The molecule has 2 atom stereocenters. The zero-order chi connectivity index (χ0) is 17.2. The first-order valence-electron chi connectivity index (χ1n) is 7.57. The number of carbonyl (C=O) groups excluding carboxylic acids is 3. The largest absolute Gasteiger partial charge is 0.496 e. The summed E-state index contributed by atoms with van der Waals surface area (Å²) < 4.78 is 5.22. The van der Waals surface area contributed by atoms with Gasteiger partial charge in [-0.15, -0.1) is 0 Å². The molecular weight excluding hydrogens is 296 g/mol. The van der Waals surface area contributed by atoms with E-state index in [-0.39, 0.29) is 30.7 Å². The number of benzene rings is 1. The lowest BCUT2D eigenvalue weighted by Crippen LogP contribution is -2.50. The van der Waals surface area contributed by atoms with Crippen LogP contribution in [0.4, 0.5) is 0 Å². The van der Waals surface area contributed by atoms with Crippen molar-refractivity contribution in [2.45, 2.75) is 32.7 Å². The molecule has 2 unspecified atom stereocenters. The molecule has 1 rings (SSSR count). The third-order valence-electron chi connectivity index (χ3n) is 3.69. The van der Waals surface area contributed by atoms with E-state index in [4.69, 9.17) is 4.74 Å². The number of methoxy groups -OCH3 is 1. The van der Waals surface area contributed by atoms with Gasteiger partial charge in [0.25, 0.3) is 0 Å². The standard InChI is InChI=1S/C17H23N2O4/c1-4-12(2)16(17(22)18-9-10-20)19-15(21)11-13-7-5-6-8-14(13)23-3/h5-8,12,16H,4,9,11H2,1-3H3,(H,18,22)(H,19,21). The van der Waals surface area contributed by atoms with Gasteiger partial charge in [-0.25, -0.2) is 0 Å². The average molecular weight is 319 g/mol. The number of para-hydroxylation sites is 1. The lowest BCUT2D eigenvalue weighted by atomic mass is 9.98. The molecule has 125 valence electrons. The molecular formula is C17H23N2O4. The Hall–Kier alpha value is -2.37. The van der Waals surface area contributed by atoms with Crippen molar-refractivity contribution in [1.82, 2.24) is 10.6 Å². The highest BCUT2D eigenvalue weighted by Gasteiger charge is 2.25. The second-order valence-corrected chi connectivity index (χ2v) is 5.28. The van der Waals surface area contributed by atoms with Crippen LogP contribution in [-0.2, 0) is 20.8 Å². The number of hydrogen-bond acceptors (Lipinski definition) is 4. The van der Waals surface area contributed by atoms with Crippen LogP contribution in [0, 0.1) is 5.92 Å².